The Morgan fingerprint density at radius 3 is 2.32 bits per heavy atom. The summed E-state index contributed by atoms with van der Waals surface area (Å²) in [5, 5.41) is 3.05. The summed E-state index contributed by atoms with van der Waals surface area (Å²) in [4.78, 5) is 4.32. The van der Waals surface area contributed by atoms with Gasteiger partial charge in [-0.05, 0) is 43.7 Å². The second-order valence-electron chi connectivity index (χ2n) is 5.00. The Morgan fingerprint density at radius 2 is 1.73 bits per heavy atom. The Labute approximate surface area is 148 Å². The van der Waals surface area contributed by atoms with E-state index in [4.69, 9.17) is 10.5 Å². The molecule has 0 bridgehead atoms. The maximum atomic E-state index is 5.86. The normalized spacial score (nSPS) is 11.0. The number of benzene rings is 2. The zero-order valence-corrected chi connectivity index (χ0v) is 15.2. The highest BCUT2D eigenvalue weighted by Crippen LogP contribution is 2.14. The number of hydrogen-bond donors (Lipinski definition) is 2. The Balaban J connectivity index is 0.00000242. The molecule has 4 nitrogen and oxygen atoms in total. The molecule has 2 aromatic carbocycles. The van der Waals surface area contributed by atoms with E-state index in [2.05, 4.69) is 10.3 Å². The number of hydrogen-bond acceptors (Lipinski definition) is 2. The van der Waals surface area contributed by atoms with Crippen LogP contribution in [0.4, 0.5) is 5.69 Å². The molecule has 0 aliphatic carbocycles. The fraction of sp³-hybridized carbons (Fsp3) is 0.235. The number of nitrogens with zero attached hydrogens (tertiary/aromatic N) is 1. The van der Waals surface area contributed by atoms with Crippen LogP contribution in [0.15, 0.2) is 59.6 Å². The second-order valence-corrected chi connectivity index (χ2v) is 5.00. The average molecular weight is 411 g/mol. The summed E-state index contributed by atoms with van der Waals surface area (Å²) in [5.74, 6) is 1.27. The first-order valence-electron chi connectivity index (χ1n) is 7.01. The van der Waals surface area contributed by atoms with E-state index < -0.39 is 0 Å². The van der Waals surface area contributed by atoms with Gasteiger partial charge >= 0.3 is 0 Å². The number of halogens is 1. The summed E-state index contributed by atoms with van der Waals surface area (Å²) in [6, 6.07) is 17.6. The lowest BCUT2D eigenvalue weighted by atomic mass is 10.2. The first-order valence-corrected chi connectivity index (χ1v) is 7.01. The van der Waals surface area contributed by atoms with Crippen molar-refractivity contribution in [1.82, 2.24) is 0 Å². The summed E-state index contributed by atoms with van der Waals surface area (Å²) >= 11 is 0. The van der Waals surface area contributed by atoms with Crippen molar-refractivity contribution in [3.8, 4) is 5.75 Å². The Bertz CT molecular complexity index is 583. The molecule has 5 heteroatoms. The van der Waals surface area contributed by atoms with Gasteiger partial charge in [-0.15, -0.1) is 24.0 Å². The molecule has 0 unspecified atom stereocenters. The second kappa shape index (κ2) is 9.30. The molecule has 0 aromatic heterocycles. The molecule has 2 aromatic rings. The van der Waals surface area contributed by atoms with Crippen LogP contribution in [0, 0.1) is 0 Å². The van der Waals surface area contributed by atoms with Crippen molar-refractivity contribution in [2.24, 2.45) is 10.7 Å². The maximum absolute atomic E-state index is 5.86. The van der Waals surface area contributed by atoms with Crippen LogP contribution in [0.2, 0.25) is 0 Å². The number of anilines is 1. The van der Waals surface area contributed by atoms with E-state index in [9.17, 15) is 0 Å². The van der Waals surface area contributed by atoms with E-state index in [0.29, 0.717) is 12.5 Å². The van der Waals surface area contributed by atoms with Crippen LogP contribution < -0.4 is 15.8 Å². The number of rotatable bonds is 5. The van der Waals surface area contributed by atoms with Crippen LogP contribution in [0.3, 0.4) is 0 Å². The fourth-order valence-corrected chi connectivity index (χ4v) is 1.83. The van der Waals surface area contributed by atoms with Gasteiger partial charge in [0.2, 0.25) is 0 Å². The van der Waals surface area contributed by atoms with Crippen LogP contribution in [-0.4, -0.2) is 12.1 Å². The van der Waals surface area contributed by atoms with E-state index in [1.54, 1.807) is 0 Å². The zero-order chi connectivity index (χ0) is 15.1. The maximum Gasteiger partial charge on any atom is 0.193 e. The number of aliphatic imine (C=N–C) groups is 1. The number of nitrogens with one attached hydrogen (secondary N) is 1. The molecule has 118 valence electrons. The molecule has 0 radical (unpaired) electrons. The molecule has 0 saturated carbocycles. The molecule has 0 spiro atoms. The van der Waals surface area contributed by atoms with Gasteiger partial charge in [-0.1, -0.05) is 30.3 Å². The average Bonchev–Trinajstić information content (AvgIpc) is 2.47. The smallest absolute Gasteiger partial charge is 0.193 e. The molecule has 0 aliphatic heterocycles. The molecule has 0 saturated heterocycles. The van der Waals surface area contributed by atoms with Crippen LogP contribution >= 0.6 is 24.0 Å². The van der Waals surface area contributed by atoms with Gasteiger partial charge in [-0.2, -0.15) is 0 Å². The lowest BCUT2D eigenvalue weighted by Crippen LogP contribution is -2.22. The van der Waals surface area contributed by atoms with E-state index in [1.807, 2.05) is 68.4 Å². The molecular weight excluding hydrogens is 389 g/mol. The van der Waals surface area contributed by atoms with Crippen molar-refractivity contribution in [3.63, 3.8) is 0 Å². The van der Waals surface area contributed by atoms with Crippen molar-refractivity contribution in [2.45, 2.75) is 26.5 Å². The number of ether oxygens (including phenoxy) is 1. The minimum absolute atomic E-state index is 0. The van der Waals surface area contributed by atoms with Crippen LogP contribution in [0.5, 0.6) is 5.75 Å². The van der Waals surface area contributed by atoms with E-state index in [0.717, 1.165) is 17.0 Å². The predicted octanol–water partition coefficient (Wildman–Crippen LogP) is 4.02. The van der Waals surface area contributed by atoms with Crippen LogP contribution in [-0.2, 0) is 6.54 Å². The number of nitrogens with two attached hydrogens (primary N) is 1. The third-order valence-corrected chi connectivity index (χ3v) is 2.77. The Kier molecular flexibility index (Phi) is 7.73. The minimum Gasteiger partial charge on any atom is -0.491 e. The predicted molar refractivity (Wildman–Crippen MR) is 103 cm³/mol. The molecule has 0 heterocycles. The summed E-state index contributed by atoms with van der Waals surface area (Å²) in [7, 11) is 0. The van der Waals surface area contributed by atoms with Gasteiger partial charge in [-0.25, -0.2) is 4.99 Å². The Hall–Kier alpha value is -1.76. The standard InChI is InChI=1S/C17H21N3O.HI/c1-13(2)21-16-10-8-14(9-11-16)12-19-17(18)20-15-6-4-3-5-7-15;/h3-11,13H,12H2,1-2H3,(H3,18,19,20);1H. The summed E-state index contributed by atoms with van der Waals surface area (Å²) in [6.07, 6.45) is 0.180. The molecule has 2 rings (SSSR count). The number of para-hydroxylation sites is 1. The van der Waals surface area contributed by atoms with Crippen molar-refractivity contribution >= 4 is 35.6 Å². The van der Waals surface area contributed by atoms with Gasteiger partial charge in [0.15, 0.2) is 5.96 Å². The van der Waals surface area contributed by atoms with Gasteiger partial charge in [0.1, 0.15) is 5.75 Å². The molecule has 0 atom stereocenters. The van der Waals surface area contributed by atoms with Crippen LogP contribution in [0.25, 0.3) is 0 Å². The van der Waals surface area contributed by atoms with Crippen molar-refractivity contribution in [2.75, 3.05) is 5.32 Å². The molecule has 22 heavy (non-hydrogen) atoms. The highest BCUT2D eigenvalue weighted by Gasteiger charge is 1.98. The summed E-state index contributed by atoms with van der Waals surface area (Å²) in [6.45, 7) is 4.55. The topological polar surface area (TPSA) is 59.6 Å². The van der Waals surface area contributed by atoms with Gasteiger partial charge in [-0.3, -0.25) is 0 Å². The largest absolute Gasteiger partial charge is 0.491 e. The van der Waals surface area contributed by atoms with Gasteiger partial charge in [0.25, 0.3) is 0 Å². The highest BCUT2D eigenvalue weighted by atomic mass is 127. The first kappa shape index (κ1) is 18.3. The van der Waals surface area contributed by atoms with Crippen molar-refractivity contribution in [1.29, 1.82) is 0 Å². The monoisotopic (exact) mass is 411 g/mol. The van der Waals surface area contributed by atoms with Crippen LogP contribution in [0.1, 0.15) is 19.4 Å². The molecule has 0 aliphatic rings. The number of guanidine groups is 1. The summed E-state index contributed by atoms with van der Waals surface area (Å²) in [5.41, 5.74) is 7.88. The third kappa shape index (κ3) is 6.34. The highest BCUT2D eigenvalue weighted by molar-refractivity contribution is 14.0. The fourth-order valence-electron chi connectivity index (χ4n) is 1.83. The van der Waals surface area contributed by atoms with Gasteiger partial charge in [0.05, 0.1) is 12.6 Å². The quantitative estimate of drug-likeness (QED) is 0.444. The van der Waals surface area contributed by atoms with E-state index >= 15 is 0 Å². The lowest BCUT2D eigenvalue weighted by Gasteiger charge is -2.09. The van der Waals surface area contributed by atoms with Crippen molar-refractivity contribution in [3.05, 3.63) is 60.2 Å². The lowest BCUT2D eigenvalue weighted by molar-refractivity contribution is 0.242. The SMILES string of the molecule is CC(C)Oc1ccc(CN=C(N)Nc2ccccc2)cc1.I. The first-order chi connectivity index (χ1) is 10.1. The Morgan fingerprint density at radius 1 is 1.09 bits per heavy atom. The molecule has 3 N–H and O–H groups in total. The van der Waals surface area contributed by atoms with E-state index in [1.165, 1.54) is 0 Å². The third-order valence-electron chi connectivity index (χ3n) is 2.77. The summed E-state index contributed by atoms with van der Waals surface area (Å²) < 4.78 is 5.60. The minimum atomic E-state index is 0. The molecule has 0 fully saturated rings. The van der Waals surface area contributed by atoms with Gasteiger partial charge in [0, 0.05) is 5.69 Å². The van der Waals surface area contributed by atoms with E-state index in [-0.39, 0.29) is 30.1 Å². The van der Waals surface area contributed by atoms with Gasteiger partial charge < -0.3 is 15.8 Å². The molecular formula is C17H22IN3O. The molecule has 0 amide bonds. The van der Waals surface area contributed by atoms with Crippen molar-refractivity contribution < 1.29 is 4.74 Å². The zero-order valence-electron chi connectivity index (χ0n) is 12.8.